The second-order valence-electron chi connectivity index (χ2n) is 5.30. The molecule has 3 aromatic rings. The van der Waals surface area contributed by atoms with E-state index in [0.717, 1.165) is 17.1 Å². The van der Waals surface area contributed by atoms with Crippen LogP contribution in [-0.4, -0.2) is 13.0 Å². The summed E-state index contributed by atoms with van der Waals surface area (Å²) in [4.78, 5) is -0.276. The van der Waals surface area contributed by atoms with Crippen molar-refractivity contribution in [1.82, 2.24) is 0 Å². The highest BCUT2D eigenvalue weighted by atomic mass is 32.2. The summed E-state index contributed by atoms with van der Waals surface area (Å²) in [5.41, 5.74) is 9.02. The number of hydrogen-bond acceptors (Lipinski definition) is 6. The Kier molecular flexibility index (Phi) is 4.87. The molecule has 0 saturated carbocycles. The van der Waals surface area contributed by atoms with Gasteiger partial charge in [-0.3, -0.25) is 0 Å². The van der Waals surface area contributed by atoms with Crippen molar-refractivity contribution in [3.63, 3.8) is 0 Å². The molecule has 0 unspecified atom stereocenters. The Morgan fingerprint density at radius 2 is 1.20 bits per heavy atom. The average Bonchev–Trinajstić information content (AvgIpc) is 2.62. The second-order valence-corrected chi connectivity index (χ2v) is 6.68. The van der Waals surface area contributed by atoms with Crippen LogP contribution in [0.4, 0.5) is 22.7 Å². The maximum atomic E-state index is 11.0. The maximum Gasteiger partial charge on any atom is 0.124 e. The Morgan fingerprint density at radius 3 is 1.88 bits per heavy atom. The lowest BCUT2D eigenvalue weighted by Gasteiger charge is -2.13. The molecule has 3 rings (SSSR count). The fourth-order valence-corrected chi connectivity index (χ4v) is 2.72. The van der Waals surface area contributed by atoms with E-state index in [1.54, 1.807) is 6.07 Å². The molecule has 0 heterocycles. The van der Waals surface area contributed by atoms with Crippen molar-refractivity contribution in [2.24, 2.45) is 0 Å². The first-order chi connectivity index (χ1) is 12.0. The lowest BCUT2D eigenvalue weighted by atomic mass is 10.2. The summed E-state index contributed by atoms with van der Waals surface area (Å²) in [6.45, 7) is 0. The normalized spacial score (nSPS) is 10.9. The molecule has 128 valence electrons. The zero-order valence-corrected chi connectivity index (χ0v) is 14.0. The molecule has 0 aliphatic heterocycles. The zero-order chi connectivity index (χ0) is 17.7. The molecule has 0 bridgehead atoms. The van der Waals surface area contributed by atoms with Crippen LogP contribution in [0.15, 0.2) is 83.8 Å². The van der Waals surface area contributed by atoms with Gasteiger partial charge in [0.05, 0.1) is 16.3 Å². The molecule has 0 aliphatic carbocycles. The smallest absolute Gasteiger partial charge is 0.124 e. The third-order valence-electron chi connectivity index (χ3n) is 3.42. The van der Waals surface area contributed by atoms with Gasteiger partial charge in [0, 0.05) is 11.4 Å². The molecule has 0 atom stereocenters. The van der Waals surface area contributed by atoms with E-state index < -0.39 is 10.1 Å². The third kappa shape index (κ3) is 4.72. The highest BCUT2D eigenvalue weighted by Crippen LogP contribution is 2.19. The summed E-state index contributed by atoms with van der Waals surface area (Å²) in [6, 6.07) is 23.1. The molecule has 0 spiro atoms. The monoisotopic (exact) mass is 354 g/mol. The summed E-state index contributed by atoms with van der Waals surface area (Å²) in [5, 5.41) is 3.28. The highest BCUT2D eigenvalue weighted by molar-refractivity contribution is 7.85. The van der Waals surface area contributed by atoms with E-state index in [4.69, 9.17) is 0 Å². The molecule has 0 radical (unpaired) electrons. The van der Waals surface area contributed by atoms with Crippen molar-refractivity contribution in [3.8, 4) is 0 Å². The van der Waals surface area contributed by atoms with Crippen LogP contribution in [0, 0.1) is 0 Å². The SMILES string of the molecule is O=S(=O)([O-])c1cccc(NNc2ccc(Nc3ccccc3)cc2)c1. The van der Waals surface area contributed by atoms with Crippen molar-refractivity contribution in [2.45, 2.75) is 4.90 Å². The van der Waals surface area contributed by atoms with Crippen LogP contribution in [-0.2, 0) is 10.1 Å². The minimum atomic E-state index is -4.47. The van der Waals surface area contributed by atoms with E-state index >= 15 is 0 Å². The minimum absolute atomic E-state index is 0.276. The van der Waals surface area contributed by atoms with Gasteiger partial charge in [-0.1, -0.05) is 24.3 Å². The summed E-state index contributed by atoms with van der Waals surface area (Å²) in [7, 11) is -4.47. The van der Waals surface area contributed by atoms with E-state index in [9.17, 15) is 13.0 Å². The summed E-state index contributed by atoms with van der Waals surface area (Å²) < 4.78 is 33.1. The van der Waals surface area contributed by atoms with E-state index in [1.165, 1.54) is 18.2 Å². The molecule has 25 heavy (non-hydrogen) atoms. The van der Waals surface area contributed by atoms with Crippen LogP contribution in [0.5, 0.6) is 0 Å². The van der Waals surface area contributed by atoms with E-state index in [0.29, 0.717) is 5.69 Å². The minimum Gasteiger partial charge on any atom is -0.744 e. The molecule has 6 nitrogen and oxygen atoms in total. The Labute approximate surface area is 146 Å². The van der Waals surface area contributed by atoms with Gasteiger partial charge in [-0.25, -0.2) is 8.42 Å². The van der Waals surface area contributed by atoms with E-state index in [-0.39, 0.29) is 4.90 Å². The average molecular weight is 354 g/mol. The van der Waals surface area contributed by atoms with Crippen molar-refractivity contribution in [2.75, 3.05) is 16.2 Å². The molecule has 3 aromatic carbocycles. The number of hydrogen-bond donors (Lipinski definition) is 3. The first kappa shape index (κ1) is 16.8. The summed E-state index contributed by atoms with van der Waals surface area (Å²) in [5.74, 6) is 0. The van der Waals surface area contributed by atoms with Crippen LogP contribution in [0.3, 0.4) is 0 Å². The standard InChI is InChI=1S/C18H17N3O3S/c22-25(23,24)18-8-4-7-17(13-18)21-20-16-11-9-15(10-12-16)19-14-5-2-1-3-6-14/h1-13,19-21H,(H,22,23,24)/p-1. The molecule has 0 fully saturated rings. The van der Waals surface area contributed by atoms with Crippen LogP contribution in [0.1, 0.15) is 0 Å². The van der Waals surface area contributed by atoms with Crippen LogP contribution < -0.4 is 16.2 Å². The number of nitrogens with one attached hydrogen (secondary N) is 3. The number of para-hydroxylation sites is 1. The van der Waals surface area contributed by atoms with Gasteiger partial charge in [-0.2, -0.15) is 0 Å². The fraction of sp³-hybridized carbons (Fsp3) is 0. The number of rotatable bonds is 6. The van der Waals surface area contributed by atoms with Gasteiger partial charge in [0.1, 0.15) is 10.1 Å². The molecule has 0 amide bonds. The largest absolute Gasteiger partial charge is 0.744 e. The van der Waals surface area contributed by atoms with Crippen LogP contribution >= 0.6 is 0 Å². The van der Waals surface area contributed by atoms with Crippen molar-refractivity contribution < 1.29 is 13.0 Å². The van der Waals surface area contributed by atoms with Crippen LogP contribution in [0.25, 0.3) is 0 Å². The van der Waals surface area contributed by atoms with Gasteiger partial charge in [0.2, 0.25) is 0 Å². The number of benzene rings is 3. The van der Waals surface area contributed by atoms with Gasteiger partial charge in [-0.15, -0.1) is 0 Å². The van der Waals surface area contributed by atoms with Gasteiger partial charge >= 0.3 is 0 Å². The molecule has 0 aliphatic rings. The van der Waals surface area contributed by atoms with Gasteiger partial charge in [0.25, 0.3) is 0 Å². The number of anilines is 4. The predicted molar refractivity (Wildman–Crippen MR) is 97.8 cm³/mol. The second kappa shape index (κ2) is 7.25. The molecule has 0 saturated heterocycles. The van der Waals surface area contributed by atoms with Crippen molar-refractivity contribution >= 4 is 32.9 Å². The maximum absolute atomic E-state index is 11.0. The molecule has 3 N–H and O–H groups in total. The highest BCUT2D eigenvalue weighted by Gasteiger charge is 2.02. The van der Waals surface area contributed by atoms with Crippen molar-refractivity contribution in [3.05, 3.63) is 78.9 Å². The number of hydrazine groups is 1. The van der Waals surface area contributed by atoms with E-state index in [2.05, 4.69) is 16.2 Å². The molecule has 0 aromatic heterocycles. The van der Waals surface area contributed by atoms with E-state index in [1.807, 2.05) is 54.6 Å². The topological polar surface area (TPSA) is 93.3 Å². The molecular weight excluding hydrogens is 338 g/mol. The summed E-state index contributed by atoms with van der Waals surface area (Å²) >= 11 is 0. The lowest BCUT2D eigenvalue weighted by Crippen LogP contribution is -2.09. The Bertz CT molecular complexity index is 943. The third-order valence-corrected chi connectivity index (χ3v) is 4.25. The Hall–Kier alpha value is -3.03. The van der Waals surface area contributed by atoms with Gasteiger partial charge < -0.3 is 20.7 Å². The lowest BCUT2D eigenvalue weighted by molar-refractivity contribution is 0.463. The van der Waals surface area contributed by atoms with Crippen LogP contribution in [0.2, 0.25) is 0 Å². The first-order valence-electron chi connectivity index (χ1n) is 7.51. The van der Waals surface area contributed by atoms with Crippen molar-refractivity contribution in [1.29, 1.82) is 0 Å². The quantitative estimate of drug-likeness (QED) is 0.461. The zero-order valence-electron chi connectivity index (χ0n) is 13.1. The molecule has 7 heteroatoms. The fourth-order valence-electron chi connectivity index (χ4n) is 2.20. The molecular formula is C18H16N3O3S-. The van der Waals surface area contributed by atoms with Gasteiger partial charge in [0.15, 0.2) is 0 Å². The Morgan fingerprint density at radius 1 is 0.640 bits per heavy atom. The Balaban J connectivity index is 1.62. The first-order valence-corrected chi connectivity index (χ1v) is 8.92. The predicted octanol–water partition coefficient (Wildman–Crippen LogP) is 3.77. The van der Waals surface area contributed by atoms with Gasteiger partial charge in [-0.05, 0) is 54.6 Å². The summed E-state index contributed by atoms with van der Waals surface area (Å²) in [6.07, 6.45) is 0.